The Hall–Kier alpha value is -1.35. The summed E-state index contributed by atoms with van der Waals surface area (Å²) in [5.74, 6) is 0.594. The molecule has 1 amide bonds. The number of likely N-dealkylation sites (tertiary alicyclic amines) is 1. The van der Waals surface area contributed by atoms with Gasteiger partial charge in [0.1, 0.15) is 5.78 Å². The normalized spacial score (nSPS) is 16.2. The molecule has 4 heteroatoms. The molecule has 1 heterocycles. The summed E-state index contributed by atoms with van der Waals surface area (Å²) in [7, 11) is 0. The van der Waals surface area contributed by atoms with Crippen LogP contribution in [0.15, 0.2) is 24.3 Å². The number of amides is 1. The van der Waals surface area contributed by atoms with Crippen molar-refractivity contribution >= 4 is 23.3 Å². The van der Waals surface area contributed by atoms with Gasteiger partial charge in [-0.05, 0) is 30.5 Å². The predicted molar refractivity (Wildman–Crippen MR) is 79.8 cm³/mol. The molecule has 1 aliphatic heterocycles. The van der Waals surface area contributed by atoms with Gasteiger partial charge in [-0.25, -0.2) is 0 Å². The van der Waals surface area contributed by atoms with Crippen LogP contribution >= 0.6 is 11.6 Å². The van der Waals surface area contributed by atoms with Crippen LogP contribution in [0.3, 0.4) is 0 Å². The quantitative estimate of drug-likeness (QED) is 0.855. The lowest BCUT2D eigenvalue weighted by molar-refractivity contribution is -0.134. The summed E-state index contributed by atoms with van der Waals surface area (Å²) in [6, 6.07) is 7.40. The number of hydrogen-bond donors (Lipinski definition) is 0. The smallest absolute Gasteiger partial charge is 0.226 e. The number of hydrogen-bond acceptors (Lipinski definition) is 2. The van der Waals surface area contributed by atoms with Crippen LogP contribution in [-0.2, 0) is 16.0 Å². The molecule has 0 radical (unpaired) electrons. The molecule has 0 aromatic heterocycles. The van der Waals surface area contributed by atoms with Crippen LogP contribution in [0.1, 0.15) is 31.7 Å². The van der Waals surface area contributed by atoms with E-state index >= 15 is 0 Å². The maximum absolute atomic E-state index is 12.2. The molecule has 0 aliphatic carbocycles. The van der Waals surface area contributed by atoms with Gasteiger partial charge < -0.3 is 4.90 Å². The van der Waals surface area contributed by atoms with E-state index in [0.717, 1.165) is 18.4 Å². The monoisotopic (exact) mass is 293 g/mol. The van der Waals surface area contributed by atoms with E-state index in [9.17, 15) is 9.59 Å². The van der Waals surface area contributed by atoms with Gasteiger partial charge in [0.2, 0.25) is 5.91 Å². The Morgan fingerprint density at radius 2 is 2.00 bits per heavy atom. The molecule has 0 bridgehead atoms. The molecule has 1 aliphatic rings. The maximum Gasteiger partial charge on any atom is 0.226 e. The fourth-order valence-corrected chi connectivity index (χ4v) is 2.89. The highest BCUT2D eigenvalue weighted by Gasteiger charge is 2.26. The number of nitrogens with zero attached hydrogens (tertiary/aromatic N) is 1. The van der Waals surface area contributed by atoms with Gasteiger partial charge in [0, 0.05) is 30.5 Å². The van der Waals surface area contributed by atoms with Crippen molar-refractivity contribution in [3.05, 3.63) is 34.9 Å². The molecule has 2 rings (SSSR count). The minimum Gasteiger partial charge on any atom is -0.342 e. The van der Waals surface area contributed by atoms with Crippen molar-refractivity contribution in [3.63, 3.8) is 0 Å². The van der Waals surface area contributed by atoms with Crippen LogP contribution in [-0.4, -0.2) is 29.7 Å². The Kier molecular flexibility index (Phi) is 5.18. The first-order chi connectivity index (χ1) is 9.60. The van der Waals surface area contributed by atoms with Gasteiger partial charge in [-0.3, -0.25) is 9.59 Å². The number of rotatable bonds is 4. The summed E-state index contributed by atoms with van der Waals surface area (Å²) in [6.45, 7) is 3.28. The summed E-state index contributed by atoms with van der Waals surface area (Å²) in [4.78, 5) is 25.7. The van der Waals surface area contributed by atoms with E-state index in [0.29, 0.717) is 36.7 Å². The van der Waals surface area contributed by atoms with E-state index in [1.807, 2.05) is 30.0 Å². The second-order valence-electron chi connectivity index (χ2n) is 5.28. The molecule has 108 valence electrons. The second-order valence-corrected chi connectivity index (χ2v) is 5.72. The van der Waals surface area contributed by atoms with Crippen molar-refractivity contribution < 1.29 is 9.59 Å². The van der Waals surface area contributed by atoms with E-state index in [1.54, 1.807) is 6.07 Å². The van der Waals surface area contributed by atoms with Gasteiger partial charge in [0.15, 0.2) is 0 Å². The molecule has 0 atom stereocenters. The van der Waals surface area contributed by atoms with Crippen molar-refractivity contribution in [3.8, 4) is 0 Å². The van der Waals surface area contributed by atoms with Gasteiger partial charge in [-0.2, -0.15) is 0 Å². The summed E-state index contributed by atoms with van der Waals surface area (Å²) >= 11 is 5.92. The molecule has 3 nitrogen and oxygen atoms in total. The number of benzene rings is 1. The third kappa shape index (κ3) is 3.83. The topological polar surface area (TPSA) is 37.4 Å². The summed E-state index contributed by atoms with van der Waals surface area (Å²) in [5, 5.41) is 0.655. The highest BCUT2D eigenvalue weighted by Crippen LogP contribution is 2.20. The highest BCUT2D eigenvalue weighted by molar-refractivity contribution is 6.30. The molecule has 20 heavy (non-hydrogen) atoms. The molecule has 1 saturated heterocycles. The zero-order valence-corrected chi connectivity index (χ0v) is 12.5. The van der Waals surface area contributed by atoms with Crippen LogP contribution in [0.5, 0.6) is 0 Å². The van der Waals surface area contributed by atoms with Crippen LogP contribution in [0.25, 0.3) is 0 Å². The fourth-order valence-electron chi connectivity index (χ4n) is 2.67. The first-order valence-electron chi connectivity index (χ1n) is 7.15. The Morgan fingerprint density at radius 3 is 2.60 bits per heavy atom. The molecular weight excluding hydrogens is 274 g/mol. The van der Waals surface area contributed by atoms with Gasteiger partial charge in [0.05, 0.1) is 6.42 Å². The van der Waals surface area contributed by atoms with Crippen LogP contribution in [0.2, 0.25) is 5.02 Å². The Bertz CT molecular complexity index is 493. The molecule has 1 fully saturated rings. The number of carbonyl (C=O) groups excluding carboxylic acids is 2. The average Bonchev–Trinajstić information content (AvgIpc) is 2.46. The van der Waals surface area contributed by atoms with E-state index in [-0.39, 0.29) is 11.8 Å². The van der Waals surface area contributed by atoms with E-state index < -0.39 is 0 Å². The van der Waals surface area contributed by atoms with Crippen LogP contribution < -0.4 is 0 Å². The maximum atomic E-state index is 12.2. The van der Waals surface area contributed by atoms with Gasteiger partial charge in [-0.15, -0.1) is 0 Å². The molecule has 1 aromatic carbocycles. The van der Waals surface area contributed by atoms with Crippen molar-refractivity contribution in [2.24, 2.45) is 5.92 Å². The number of halogens is 1. The van der Waals surface area contributed by atoms with Gasteiger partial charge in [-0.1, -0.05) is 30.7 Å². The van der Waals surface area contributed by atoms with Gasteiger partial charge in [0.25, 0.3) is 0 Å². The van der Waals surface area contributed by atoms with E-state index in [2.05, 4.69) is 0 Å². The summed E-state index contributed by atoms with van der Waals surface area (Å²) in [5.41, 5.74) is 0.939. The molecule has 1 aromatic rings. The molecule has 0 spiro atoms. The lowest BCUT2D eigenvalue weighted by Crippen LogP contribution is -2.40. The average molecular weight is 294 g/mol. The van der Waals surface area contributed by atoms with Crippen molar-refractivity contribution in [1.29, 1.82) is 0 Å². The third-order valence-corrected chi connectivity index (χ3v) is 4.13. The Morgan fingerprint density at radius 1 is 1.30 bits per heavy atom. The van der Waals surface area contributed by atoms with Crippen LogP contribution in [0.4, 0.5) is 0 Å². The SMILES string of the molecule is CCC(=O)C1CCN(C(=O)Cc2cccc(Cl)c2)CC1. The molecule has 0 unspecified atom stereocenters. The number of ketones is 1. The number of piperidine rings is 1. The van der Waals surface area contributed by atoms with Gasteiger partial charge >= 0.3 is 0 Å². The number of Topliss-reactive ketones (excluding diaryl/α,β-unsaturated/α-hetero) is 1. The fraction of sp³-hybridized carbons (Fsp3) is 0.500. The van der Waals surface area contributed by atoms with E-state index in [1.165, 1.54) is 0 Å². The molecule has 0 N–H and O–H groups in total. The standard InChI is InChI=1S/C16H20ClNO2/c1-2-15(19)13-6-8-18(9-7-13)16(20)11-12-4-3-5-14(17)10-12/h3-5,10,13H,2,6-9,11H2,1H3. The van der Waals surface area contributed by atoms with E-state index in [4.69, 9.17) is 11.6 Å². The number of carbonyl (C=O) groups is 2. The molecule has 0 saturated carbocycles. The molecular formula is C16H20ClNO2. The minimum atomic E-state index is 0.120. The highest BCUT2D eigenvalue weighted by atomic mass is 35.5. The zero-order valence-electron chi connectivity index (χ0n) is 11.8. The lowest BCUT2D eigenvalue weighted by Gasteiger charge is -2.31. The van der Waals surface area contributed by atoms with Crippen LogP contribution in [0, 0.1) is 5.92 Å². The summed E-state index contributed by atoms with van der Waals surface area (Å²) in [6.07, 6.45) is 2.58. The zero-order chi connectivity index (χ0) is 14.5. The summed E-state index contributed by atoms with van der Waals surface area (Å²) < 4.78 is 0. The predicted octanol–water partition coefficient (Wildman–Crippen LogP) is 3.10. The van der Waals surface area contributed by atoms with Crippen molar-refractivity contribution in [2.45, 2.75) is 32.6 Å². The first-order valence-corrected chi connectivity index (χ1v) is 7.53. The Labute approximate surface area is 124 Å². The van der Waals surface area contributed by atoms with Crippen molar-refractivity contribution in [1.82, 2.24) is 4.90 Å². The van der Waals surface area contributed by atoms with Crippen molar-refractivity contribution in [2.75, 3.05) is 13.1 Å². The Balaban J connectivity index is 1.87. The second kappa shape index (κ2) is 6.89. The first kappa shape index (κ1) is 15.0. The largest absolute Gasteiger partial charge is 0.342 e. The third-order valence-electron chi connectivity index (χ3n) is 3.90. The minimum absolute atomic E-state index is 0.120. The lowest BCUT2D eigenvalue weighted by atomic mass is 9.91.